The second-order valence-electron chi connectivity index (χ2n) is 8.27. The molecule has 1 amide bonds. The number of Topliss-reactive ketones (excluding diaryl/α,β-unsaturated/α-hetero) is 1. The van der Waals surface area contributed by atoms with Crippen molar-refractivity contribution in [2.75, 3.05) is 26.4 Å². The third-order valence-corrected chi connectivity index (χ3v) is 6.24. The van der Waals surface area contributed by atoms with E-state index in [1.807, 2.05) is 32.0 Å². The number of aliphatic hydroxyl groups is 1. The minimum absolute atomic E-state index is 0.00834. The number of carbonyl (C=O) groups is 2. The van der Waals surface area contributed by atoms with Crippen LogP contribution in [-0.4, -0.2) is 54.2 Å². The zero-order valence-electron chi connectivity index (χ0n) is 18.3. The Kier molecular flexibility index (Phi) is 6.51. The monoisotopic (exact) mass is 429 g/mol. The predicted molar refractivity (Wildman–Crippen MR) is 114 cm³/mol. The van der Waals surface area contributed by atoms with Crippen LogP contribution in [0.1, 0.15) is 57.6 Å². The molecule has 2 heterocycles. The van der Waals surface area contributed by atoms with Crippen molar-refractivity contribution in [3.8, 4) is 11.5 Å². The van der Waals surface area contributed by atoms with Gasteiger partial charge in [0.15, 0.2) is 23.0 Å². The van der Waals surface area contributed by atoms with Gasteiger partial charge in [0, 0.05) is 6.54 Å². The van der Waals surface area contributed by atoms with Crippen LogP contribution in [0.5, 0.6) is 11.5 Å². The summed E-state index contributed by atoms with van der Waals surface area (Å²) in [4.78, 5) is 28.2. The first kappa shape index (κ1) is 21.7. The third-order valence-electron chi connectivity index (χ3n) is 6.24. The van der Waals surface area contributed by atoms with E-state index >= 15 is 0 Å². The number of hydrogen-bond acceptors (Lipinski definition) is 6. The van der Waals surface area contributed by atoms with Crippen molar-refractivity contribution in [2.45, 2.75) is 58.1 Å². The second kappa shape index (κ2) is 9.30. The van der Waals surface area contributed by atoms with Crippen molar-refractivity contribution >= 4 is 11.7 Å². The van der Waals surface area contributed by atoms with E-state index in [0.717, 1.165) is 37.7 Å². The Hall–Kier alpha value is -2.54. The SMILES string of the molecule is CCCOc1ccc(C2C3=C(OC4CCCCC4C3=O)C(=O)N2CCO)cc1OCC. The summed E-state index contributed by atoms with van der Waals surface area (Å²) in [6.07, 6.45) is 4.24. The van der Waals surface area contributed by atoms with Crippen molar-refractivity contribution in [1.82, 2.24) is 4.90 Å². The molecule has 1 saturated carbocycles. The van der Waals surface area contributed by atoms with Crippen LogP contribution in [0.4, 0.5) is 0 Å². The molecular weight excluding hydrogens is 398 g/mol. The molecule has 0 spiro atoms. The summed E-state index contributed by atoms with van der Waals surface area (Å²) in [6.45, 7) is 4.90. The van der Waals surface area contributed by atoms with Crippen LogP contribution in [0.2, 0.25) is 0 Å². The van der Waals surface area contributed by atoms with E-state index < -0.39 is 6.04 Å². The maximum absolute atomic E-state index is 13.5. The molecule has 0 bridgehead atoms. The largest absolute Gasteiger partial charge is 0.490 e. The first-order chi connectivity index (χ1) is 15.1. The molecule has 3 unspecified atom stereocenters. The zero-order valence-corrected chi connectivity index (χ0v) is 18.3. The van der Waals surface area contributed by atoms with Gasteiger partial charge in [0.2, 0.25) is 0 Å². The normalized spacial score (nSPS) is 25.3. The molecular formula is C24H31NO6. The number of amides is 1. The van der Waals surface area contributed by atoms with E-state index in [1.54, 1.807) is 0 Å². The Labute approximate surface area is 183 Å². The first-order valence-corrected chi connectivity index (χ1v) is 11.4. The summed E-state index contributed by atoms with van der Waals surface area (Å²) in [7, 11) is 0. The Bertz CT molecular complexity index is 879. The maximum atomic E-state index is 13.5. The quantitative estimate of drug-likeness (QED) is 0.683. The fraction of sp³-hybridized carbons (Fsp3) is 0.583. The Balaban J connectivity index is 1.75. The molecule has 0 saturated heterocycles. The molecule has 0 aromatic heterocycles. The van der Waals surface area contributed by atoms with Crippen LogP contribution in [0.25, 0.3) is 0 Å². The number of ether oxygens (including phenoxy) is 3. The standard InChI is InChI=1S/C24H31NO6/c1-3-13-30-18-10-9-15(14-19(18)29-4-2)21-20-22(27)16-7-5-6-8-17(16)31-23(20)24(28)25(21)11-12-26/h9-10,14,16-17,21,26H,3-8,11-13H2,1-2H3. The van der Waals surface area contributed by atoms with E-state index in [4.69, 9.17) is 14.2 Å². The van der Waals surface area contributed by atoms with Crippen LogP contribution in [0.15, 0.2) is 29.5 Å². The highest BCUT2D eigenvalue weighted by atomic mass is 16.5. The van der Waals surface area contributed by atoms with Gasteiger partial charge in [-0.1, -0.05) is 19.4 Å². The van der Waals surface area contributed by atoms with E-state index in [2.05, 4.69) is 0 Å². The molecule has 168 valence electrons. The van der Waals surface area contributed by atoms with Crippen molar-refractivity contribution in [3.05, 3.63) is 35.1 Å². The van der Waals surface area contributed by atoms with Crippen molar-refractivity contribution < 1.29 is 28.9 Å². The van der Waals surface area contributed by atoms with Crippen molar-refractivity contribution in [3.63, 3.8) is 0 Å². The summed E-state index contributed by atoms with van der Waals surface area (Å²) in [6, 6.07) is 4.94. The lowest BCUT2D eigenvalue weighted by atomic mass is 9.77. The molecule has 7 nitrogen and oxygen atoms in total. The van der Waals surface area contributed by atoms with E-state index in [9.17, 15) is 14.7 Å². The van der Waals surface area contributed by atoms with Crippen LogP contribution in [-0.2, 0) is 14.3 Å². The van der Waals surface area contributed by atoms with Gasteiger partial charge in [0.05, 0.1) is 37.4 Å². The fourth-order valence-electron chi connectivity index (χ4n) is 4.87. The van der Waals surface area contributed by atoms with Gasteiger partial charge in [0.25, 0.3) is 5.91 Å². The predicted octanol–water partition coefficient (Wildman–Crippen LogP) is 3.16. The van der Waals surface area contributed by atoms with Gasteiger partial charge in [-0.05, 0) is 50.3 Å². The van der Waals surface area contributed by atoms with Gasteiger partial charge in [-0.25, -0.2) is 0 Å². The number of ketones is 1. The van der Waals surface area contributed by atoms with Crippen LogP contribution in [0, 0.1) is 5.92 Å². The van der Waals surface area contributed by atoms with Gasteiger partial charge < -0.3 is 24.2 Å². The summed E-state index contributed by atoms with van der Waals surface area (Å²) in [5, 5.41) is 9.61. The number of fused-ring (bicyclic) bond motifs is 1. The molecule has 2 aliphatic heterocycles. The van der Waals surface area contributed by atoms with Gasteiger partial charge in [0.1, 0.15) is 6.10 Å². The summed E-state index contributed by atoms with van der Waals surface area (Å²) in [5.41, 5.74) is 1.18. The lowest BCUT2D eigenvalue weighted by Gasteiger charge is -2.35. The van der Waals surface area contributed by atoms with Crippen LogP contribution < -0.4 is 9.47 Å². The average molecular weight is 430 g/mol. The number of nitrogens with zero attached hydrogens (tertiary/aromatic N) is 1. The Morgan fingerprint density at radius 2 is 1.94 bits per heavy atom. The molecule has 1 aromatic rings. The smallest absolute Gasteiger partial charge is 0.290 e. The minimum atomic E-state index is -0.593. The van der Waals surface area contributed by atoms with Gasteiger partial charge in [-0.15, -0.1) is 0 Å². The topological polar surface area (TPSA) is 85.3 Å². The fourth-order valence-corrected chi connectivity index (χ4v) is 4.87. The van der Waals surface area contributed by atoms with E-state index in [1.165, 1.54) is 4.90 Å². The highest BCUT2D eigenvalue weighted by molar-refractivity contribution is 6.11. The maximum Gasteiger partial charge on any atom is 0.290 e. The van der Waals surface area contributed by atoms with E-state index in [-0.39, 0.29) is 42.6 Å². The number of β-amino-alcohol motifs (C(OH)–C–C–N with tert-alkyl or cyclic N) is 1. The summed E-state index contributed by atoms with van der Waals surface area (Å²) >= 11 is 0. The molecule has 1 aromatic carbocycles. The molecule has 31 heavy (non-hydrogen) atoms. The molecule has 1 fully saturated rings. The van der Waals surface area contributed by atoms with Gasteiger partial charge >= 0.3 is 0 Å². The number of benzene rings is 1. The molecule has 0 radical (unpaired) electrons. The number of carbonyl (C=O) groups excluding carboxylic acids is 2. The zero-order chi connectivity index (χ0) is 22.0. The molecule has 1 aliphatic carbocycles. The number of hydrogen-bond donors (Lipinski definition) is 1. The van der Waals surface area contributed by atoms with Gasteiger partial charge in [-0.2, -0.15) is 0 Å². The van der Waals surface area contributed by atoms with Crippen molar-refractivity contribution in [1.29, 1.82) is 0 Å². The Morgan fingerprint density at radius 3 is 2.68 bits per heavy atom. The average Bonchev–Trinajstić information content (AvgIpc) is 3.05. The number of aliphatic hydroxyl groups excluding tert-OH is 1. The van der Waals surface area contributed by atoms with Crippen LogP contribution >= 0.6 is 0 Å². The Morgan fingerprint density at radius 1 is 1.13 bits per heavy atom. The second-order valence-corrected chi connectivity index (χ2v) is 8.27. The highest BCUT2D eigenvalue weighted by Gasteiger charge is 2.51. The van der Waals surface area contributed by atoms with Gasteiger partial charge in [-0.3, -0.25) is 9.59 Å². The van der Waals surface area contributed by atoms with Crippen LogP contribution in [0.3, 0.4) is 0 Å². The lowest BCUT2D eigenvalue weighted by molar-refractivity contribution is -0.135. The lowest BCUT2D eigenvalue weighted by Crippen LogP contribution is -2.39. The molecule has 1 N–H and O–H groups in total. The molecule has 4 rings (SSSR count). The molecule has 3 atom stereocenters. The van der Waals surface area contributed by atoms with Crippen molar-refractivity contribution in [2.24, 2.45) is 5.92 Å². The third kappa shape index (κ3) is 3.91. The minimum Gasteiger partial charge on any atom is -0.490 e. The van der Waals surface area contributed by atoms with E-state index in [0.29, 0.717) is 30.3 Å². The highest BCUT2D eigenvalue weighted by Crippen LogP contribution is 2.47. The first-order valence-electron chi connectivity index (χ1n) is 11.4. The molecule has 7 heteroatoms. The number of rotatable bonds is 8. The summed E-state index contributed by atoms with van der Waals surface area (Å²) < 4.78 is 17.7. The molecule has 3 aliphatic rings. The summed E-state index contributed by atoms with van der Waals surface area (Å²) in [5.74, 6) is 0.868.